The van der Waals surface area contributed by atoms with Gasteiger partial charge in [-0.2, -0.15) is 0 Å². The highest BCUT2D eigenvalue weighted by atomic mass is 35.5. The minimum atomic E-state index is -3.85. The van der Waals surface area contributed by atoms with Gasteiger partial charge in [-0.15, -0.1) is 0 Å². The molecule has 0 radical (unpaired) electrons. The Balaban J connectivity index is 1.93. The van der Waals surface area contributed by atoms with Crippen molar-refractivity contribution in [1.82, 2.24) is 9.71 Å². The quantitative estimate of drug-likeness (QED) is 0.540. The average molecular weight is 487 g/mol. The molecule has 3 aromatic rings. The van der Waals surface area contributed by atoms with Crippen LogP contribution in [0.4, 0.5) is 8.78 Å². The topological polar surface area (TPSA) is 85.4 Å². The monoisotopic (exact) mass is 486 g/mol. The summed E-state index contributed by atoms with van der Waals surface area (Å²) < 4.78 is 57.9. The van der Waals surface area contributed by atoms with E-state index < -0.39 is 33.1 Å². The summed E-state index contributed by atoms with van der Waals surface area (Å²) in [5.74, 6) is -2.93. The van der Waals surface area contributed by atoms with Crippen molar-refractivity contribution in [1.29, 1.82) is 0 Å². The molecule has 162 valence electrons. The first-order chi connectivity index (χ1) is 14.4. The number of hydrogen-bond donors (Lipinski definition) is 1. The van der Waals surface area contributed by atoms with Crippen molar-refractivity contribution in [2.24, 2.45) is 0 Å². The molecule has 1 N–H and O–H groups in total. The second-order valence-electron chi connectivity index (χ2n) is 6.54. The summed E-state index contributed by atoms with van der Waals surface area (Å²) in [7, 11) is -3.85. The molecular weight excluding hydrogens is 473 g/mol. The van der Waals surface area contributed by atoms with Gasteiger partial charge in [0.15, 0.2) is 11.6 Å². The van der Waals surface area contributed by atoms with Gasteiger partial charge in [-0.1, -0.05) is 23.2 Å². The molecule has 1 amide bonds. The van der Waals surface area contributed by atoms with Crippen molar-refractivity contribution in [3.8, 4) is 22.8 Å². The number of nitrogens with one attached hydrogen (secondary N) is 1. The molecule has 2 aromatic carbocycles. The molecule has 0 unspecified atom stereocenters. The van der Waals surface area contributed by atoms with E-state index in [0.29, 0.717) is 16.7 Å². The average Bonchev–Trinajstić information content (AvgIpc) is 2.66. The zero-order valence-corrected chi connectivity index (χ0v) is 18.4. The third kappa shape index (κ3) is 5.49. The van der Waals surface area contributed by atoms with Gasteiger partial charge in [0.05, 0.1) is 11.8 Å². The van der Waals surface area contributed by atoms with E-state index in [0.717, 1.165) is 18.4 Å². The Bertz CT molecular complexity index is 1300. The normalized spacial score (nSPS) is 11.3. The summed E-state index contributed by atoms with van der Waals surface area (Å²) >= 11 is 12.0. The summed E-state index contributed by atoms with van der Waals surface area (Å²) in [6.07, 6.45) is 2.12. The van der Waals surface area contributed by atoms with Crippen molar-refractivity contribution in [2.45, 2.75) is 6.92 Å². The fraction of sp³-hybridized carbons (Fsp3) is 0.100. The molecule has 0 bridgehead atoms. The number of amides is 1. The zero-order chi connectivity index (χ0) is 22.9. The van der Waals surface area contributed by atoms with Crippen LogP contribution < -0.4 is 9.46 Å². The number of sulfonamides is 1. The fourth-order valence-corrected chi connectivity index (χ4v) is 3.51. The van der Waals surface area contributed by atoms with E-state index in [-0.39, 0.29) is 21.7 Å². The Labute approximate surface area is 186 Å². The summed E-state index contributed by atoms with van der Waals surface area (Å²) in [6.45, 7) is 1.60. The molecule has 0 saturated carbocycles. The Hall–Kier alpha value is -2.75. The Morgan fingerprint density at radius 1 is 1.10 bits per heavy atom. The first-order valence-corrected chi connectivity index (χ1v) is 11.2. The van der Waals surface area contributed by atoms with Crippen LogP contribution in [0.15, 0.2) is 42.6 Å². The number of hydrogen-bond acceptors (Lipinski definition) is 5. The van der Waals surface area contributed by atoms with Crippen LogP contribution in [0.3, 0.4) is 0 Å². The molecule has 6 nitrogen and oxygen atoms in total. The van der Waals surface area contributed by atoms with Gasteiger partial charge in [0.2, 0.25) is 15.9 Å². The number of nitrogens with zero attached hydrogens (tertiary/aromatic N) is 1. The first kappa shape index (κ1) is 22.9. The maximum atomic E-state index is 14.5. The highest BCUT2D eigenvalue weighted by Gasteiger charge is 2.19. The lowest BCUT2D eigenvalue weighted by molar-refractivity contribution is 0.0977. The maximum absolute atomic E-state index is 14.5. The van der Waals surface area contributed by atoms with Crippen LogP contribution >= 0.6 is 23.2 Å². The molecule has 31 heavy (non-hydrogen) atoms. The molecule has 3 rings (SSSR count). The van der Waals surface area contributed by atoms with E-state index in [1.165, 1.54) is 30.5 Å². The van der Waals surface area contributed by atoms with Crippen LogP contribution in [-0.4, -0.2) is 25.6 Å². The van der Waals surface area contributed by atoms with Crippen molar-refractivity contribution < 1.29 is 26.7 Å². The number of aryl methyl sites for hydroxylation is 1. The van der Waals surface area contributed by atoms with Gasteiger partial charge < -0.3 is 4.74 Å². The molecule has 0 saturated heterocycles. The standard InChI is InChI=1S/C20H14Cl2F2N2O4S/c1-10-5-14(19(27)26-31(2,28)29)17(24)8-13(10)11-6-15(22)20(25-9-11)30-18-7-12(21)3-4-16(18)23/h3-9H,1-2H3,(H,26,27). The summed E-state index contributed by atoms with van der Waals surface area (Å²) in [6, 6.07) is 7.47. The second kappa shape index (κ2) is 8.78. The Kier molecular flexibility index (Phi) is 6.49. The molecule has 1 heterocycles. The number of benzene rings is 2. The highest BCUT2D eigenvalue weighted by molar-refractivity contribution is 7.89. The van der Waals surface area contributed by atoms with Gasteiger partial charge in [0.1, 0.15) is 10.8 Å². The van der Waals surface area contributed by atoms with Crippen LogP contribution in [-0.2, 0) is 10.0 Å². The van der Waals surface area contributed by atoms with Gasteiger partial charge in [0, 0.05) is 22.8 Å². The molecule has 0 aliphatic carbocycles. The van der Waals surface area contributed by atoms with Gasteiger partial charge in [-0.25, -0.2) is 26.9 Å². The largest absolute Gasteiger partial charge is 0.434 e. The summed E-state index contributed by atoms with van der Waals surface area (Å²) in [5, 5.41) is 0.283. The van der Waals surface area contributed by atoms with E-state index >= 15 is 0 Å². The zero-order valence-electron chi connectivity index (χ0n) is 16.0. The summed E-state index contributed by atoms with van der Waals surface area (Å²) in [4.78, 5) is 16.0. The Morgan fingerprint density at radius 3 is 2.45 bits per heavy atom. The molecule has 1 aromatic heterocycles. The second-order valence-corrected chi connectivity index (χ2v) is 9.13. The van der Waals surface area contributed by atoms with Gasteiger partial charge in [-0.05, 0) is 48.4 Å². The minimum absolute atomic E-state index is 0.0237. The van der Waals surface area contributed by atoms with Crippen molar-refractivity contribution in [3.63, 3.8) is 0 Å². The molecule has 0 spiro atoms. The van der Waals surface area contributed by atoms with Gasteiger partial charge in [0.25, 0.3) is 5.91 Å². The molecule has 0 fully saturated rings. The fourth-order valence-electron chi connectivity index (χ4n) is 2.70. The van der Waals surface area contributed by atoms with Crippen molar-refractivity contribution in [3.05, 3.63) is 75.4 Å². The number of halogens is 4. The molecule has 11 heteroatoms. The van der Waals surface area contributed by atoms with E-state index in [9.17, 15) is 22.0 Å². The van der Waals surface area contributed by atoms with Crippen molar-refractivity contribution >= 4 is 39.1 Å². The van der Waals surface area contributed by atoms with Crippen LogP contribution in [0.5, 0.6) is 11.6 Å². The van der Waals surface area contributed by atoms with Gasteiger partial charge >= 0.3 is 0 Å². The number of rotatable bonds is 5. The predicted molar refractivity (Wildman–Crippen MR) is 113 cm³/mol. The SMILES string of the molecule is Cc1cc(C(=O)NS(C)(=O)=O)c(F)cc1-c1cnc(Oc2cc(Cl)ccc2F)c(Cl)c1. The molecular formula is C20H14Cl2F2N2O4S. The first-order valence-electron chi connectivity index (χ1n) is 8.55. The lowest BCUT2D eigenvalue weighted by Gasteiger charge is -2.12. The van der Waals surface area contributed by atoms with E-state index in [4.69, 9.17) is 27.9 Å². The third-order valence-corrected chi connectivity index (χ3v) is 5.12. The highest BCUT2D eigenvalue weighted by Crippen LogP contribution is 2.34. The number of carbonyl (C=O) groups excluding carboxylic acids is 1. The Morgan fingerprint density at radius 2 is 1.81 bits per heavy atom. The van der Waals surface area contributed by atoms with Gasteiger partial charge in [-0.3, -0.25) is 4.79 Å². The lowest BCUT2D eigenvalue weighted by Crippen LogP contribution is -2.30. The van der Waals surface area contributed by atoms with Crippen LogP contribution in [0.2, 0.25) is 10.0 Å². The summed E-state index contributed by atoms with van der Waals surface area (Å²) in [5.41, 5.74) is 0.799. The van der Waals surface area contributed by atoms with Crippen LogP contribution in [0.1, 0.15) is 15.9 Å². The predicted octanol–water partition coefficient (Wildman–Crippen LogP) is 5.12. The molecule has 0 aliphatic rings. The number of ether oxygens (including phenoxy) is 1. The third-order valence-electron chi connectivity index (χ3n) is 4.06. The minimum Gasteiger partial charge on any atom is -0.434 e. The van der Waals surface area contributed by atoms with Crippen LogP contribution in [0, 0.1) is 18.6 Å². The van der Waals surface area contributed by atoms with Crippen molar-refractivity contribution in [2.75, 3.05) is 6.26 Å². The van der Waals surface area contributed by atoms with E-state index in [1.807, 2.05) is 0 Å². The number of aromatic nitrogens is 1. The van der Waals surface area contributed by atoms with E-state index in [2.05, 4.69) is 4.98 Å². The van der Waals surface area contributed by atoms with E-state index in [1.54, 1.807) is 11.6 Å². The smallest absolute Gasteiger partial charge is 0.267 e. The number of carbonyl (C=O) groups is 1. The maximum Gasteiger partial charge on any atom is 0.267 e. The number of pyridine rings is 1. The molecule has 0 atom stereocenters. The molecule has 0 aliphatic heterocycles. The lowest BCUT2D eigenvalue weighted by atomic mass is 9.99. The van der Waals surface area contributed by atoms with Crippen LogP contribution in [0.25, 0.3) is 11.1 Å².